The number of thioether (sulfide) groups is 1. The summed E-state index contributed by atoms with van der Waals surface area (Å²) in [5.74, 6) is -0.463. The molecule has 0 aromatic carbocycles. The number of nitrogens with one attached hydrogen (secondary N) is 2. The summed E-state index contributed by atoms with van der Waals surface area (Å²) < 4.78 is 0. The first kappa shape index (κ1) is 19.4. The van der Waals surface area contributed by atoms with E-state index in [4.69, 9.17) is 5.73 Å². The van der Waals surface area contributed by atoms with E-state index in [9.17, 15) is 19.7 Å². The van der Waals surface area contributed by atoms with Crippen molar-refractivity contribution in [2.24, 2.45) is 11.7 Å². The van der Waals surface area contributed by atoms with Crippen molar-refractivity contribution >= 4 is 45.6 Å². The number of rotatable bonds is 6. The highest BCUT2D eigenvalue weighted by Gasteiger charge is 2.28. The van der Waals surface area contributed by atoms with Crippen molar-refractivity contribution in [3.63, 3.8) is 0 Å². The molecule has 0 aliphatic heterocycles. The van der Waals surface area contributed by atoms with Crippen LogP contribution in [0.2, 0.25) is 0 Å². The second-order valence-electron chi connectivity index (χ2n) is 6.52. The molecule has 9 nitrogen and oxygen atoms in total. The Morgan fingerprint density at radius 3 is 2.93 bits per heavy atom. The molecule has 0 fully saturated rings. The maximum absolute atomic E-state index is 12.3. The minimum Gasteiger partial charge on any atom is -0.365 e. The van der Waals surface area contributed by atoms with Crippen LogP contribution in [0, 0.1) is 23.0 Å². The molecule has 2 heterocycles. The summed E-state index contributed by atoms with van der Waals surface area (Å²) >= 11 is 2.35. The molecule has 0 bridgehead atoms. The van der Waals surface area contributed by atoms with Crippen molar-refractivity contribution in [3.05, 3.63) is 31.8 Å². The lowest BCUT2D eigenvalue weighted by Crippen LogP contribution is -2.20. The smallest absolute Gasteiger partial charge is 0.323 e. The standard InChI is InChI=1S/C16H19N5O4S2/c1-7-3-4-9-10(5-7)27-15(12(9)14(17)23)18-11(22)6-26-16-13(21(24)25)8(2)19-20-16/h7H,3-6H2,1-2H3,(H2,17,23)(H,18,22)(H,19,20)/t7-/m0/s1. The van der Waals surface area contributed by atoms with E-state index >= 15 is 0 Å². The van der Waals surface area contributed by atoms with Gasteiger partial charge in [0.05, 0.1) is 16.2 Å². The van der Waals surface area contributed by atoms with E-state index in [1.54, 1.807) is 6.92 Å². The molecule has 0 unspecified atom stereocenters. The van der Waals surface area contributed by atoms with Crippen molar-refractivity contribution in [1.29, 1.82) is 0 Å². The van der Waals surface area contributed by atoms with E-state index in [-0.39, 0.29) is 22.4 Å². The maximum atomic E-state index is 12.3. The van der Waals surface area contributed by atoms with Crippen LogP contribution in [0.5, 0.6) is 0 Å². The Morgan fingerprint density at radius 1 is 1.52 bits per heavy atom. The van der Waals surface area contributed by atoms with Crippen molar-refractivity contribution in [1.82, 2.24) is 10.2 Å². The number of H-pyrrole nitrogens is 1. The largest absolute Gasteiger partial charge is 0.365 e. The van der Waals surface area contributed by atoms with Crippen molar-refractivity contribution < 1.29 is 14.5 Å². The van der Waals surface area contributed by atoms with Gasteiger partial charge in [-0.2, -0.15) is 5.10 Å². The van der Waals surface area contributed by atoms with Crippen molar-refractivity contribution in [3.8, 4) is 0 Å². The monoisotopic (exact) mass is 409 g/mol. The van der Waals surface area contributed by atoms with Crippen LogP contribution >= 0.6 is 23.1 Å². The quantitative estimate of drug-likeness (QED) is 0.380. The van der Waals surface area contributed by atoms with Crippen molar-refractivity contribution in [2.75, 3.05) is 11.1 Å². The minimum absolute atomic E-state index is 0.0672. The average molecular weight is 409 g/mol. The lowest BCUT2D eigenvalue weighted by molar-refractivity contribution is -0.388. The predicted octanol–water partition coefficient (Wildman–Crippen LogP) is 2.64. The van der Waals surface area contributed by atoms with Crippen LogP contribution in [-0.2, 0) is 17.6 Å². The molecule has 27 heavy (non-hydrogen) atoms. The molecule has 4 N–H and O–H groups in total. The lowest BCUT2D eigenvalue weighted by atomic mass is 9.88. The van der Waals surface area contributed by atoms with Gasteiger partial charge < -0.3 is 11.1 Å². The first-order valence-corrected chi connectivity index (χ1v) is 10.1. The fraction of sp³-hybridized carbons (Fsp3) is 0.438. The van der Waals surface area contributed by atoms with Gasteiger partial charge >= 0.3 is 5.69 Å². The van der Waals surface area contributed by atoms with Crippen LogP contribution in [0.3, 0.4) is 0 Å². The normalized spacial score (nSPS) is 16.0. The average Bonchev–Trinajstić information content (AvgIpc) is 3.12. The Morgan fingerprint density at radius 2 is 2.26 bits per heavy atom. The van der Waals surface area contributed by atoms with Gasteiger partial charge in [0, 0.05) is 4.88 Å². The van der Waals surface area contributed by atoms with Gasteiger partial charge in [-0.3, -0.25) is 24.8 Å². The van der Waals surface area contributed by atoms with Gasteiger partial charge in [0.25, 0.3) is 5.91 Å². The zero-order chi connectivity index (χ0) is 19.7. The van der Waals surface area contributed by atoms with E-state index in [0.717, 1.165) is 41.5 Å². The number of carbonyl (C=O) groups excluding carboxylic acids is 2. The number of aromatic amines is 1. The highest BCUT2D eigenvalue weighted by atomic mass is 32.2. The highest BCUT2D eigenvalue weighted by Crippen LogP contribution is 2.39. The van der Waals surface area contributed by atoms with Crippen LogP contribution in [0.25, 0.3) is 0 Å². The Labute approximate surface area is 163 Å². The van der Waals surface area contributed by atoms with Gasteiger partial charge in [-0.25, -0.2) is 0 Å². The molecule has 2 amide bonds. The number of carbonyl (C=O) groups is 2. The Bertz CT molecular complexity index is 920. The number of nitrogens with two attached hydrogens (primary N) is 1. The number of hydrogen-bond acceptors (Lipinski definition) is 7. The molecule has 1 aliphatic carbocycles. The van der Waals surface area contributed by atoms with Gasteiger partial charge in [0.15, 0.2) is 5.03 Å². The van der Waals surface area contributed by atoms with Gasteiger partial charge in [0.2, 0.25) is 5.91 Å². The first-order valence-electron chi connectivity index (χ1n) is 8.34. The lowest BCUT2D eigenvalue weighted by Gasteiger charge is -2.18. The van der Waals surface area contributed by atoms with Crippen LogP contribution in [-0.4, -0.2) is 32.7 Å². The maximum Gasteiger partial charge on any atom is 0.323 e. The van der Waals surface area contributed by atoms with E-state index in [1.165, 1.54) is 11.3 Å². The summed E-state index contributed by atoms with van der Waals surface area (Å²) in [6, 6.07) is 0. The summed E-state index contributed by atoms with van der Waals surface area (Å²) in [5.41, 5.74) is 7.06. The number of fused-ring (bicyclic) bond motifs is 1. The number of primary amides is 1. The zero-order valence-electron chi connectivity index (χ0n) is 14.8. The second-order valence-corrected chi connectivity index (χ2v) is 8.59. The van der Waals surface area contributed by atoms with E-state index in [2.05, 4.69) is 22.4 Å². The minimum atomic E-state index is -0.552. The van der Waals surface area contributed by atoms with E-state index < -0.39 is 10.8 Å². The fourth-order valence-electron chi connectivity index (χ4n) is 3.11. The van der Waals surface area contributed by atoms with E-state index in [0.29, 0.717) is 22.2 Å². The molecule has 0 saturated carbocycles. The summed E-state index contributed by atoms with van der Waals surface area (Å²) in [7, 11) is 0. The first-order chi connectivity index (χ1) is 12.8. The molecule has 144 valence electrons. The third kappa shape index (κ3) is 3.98. The van der Waals surface area contributed by atoms with Crippen molar-refractivity contribution in [2.45, 2.75) is 38.1 Å². The number of anilines is 1. The molecule has 1 atom stereocenters. The third-order valence-corrected chi connectivity index (χ3v) is 6.55. The molecule has 0 radical (unpaired) electrons. The van der Waals surface area contributed by atoms with E-state index in [1.807, 2.05) is 0 Å². The molecule has 0 spiro atoms. The van der Waals surface area contributed by atoms with Crippen LogP contribution in [0.15, 0.2) is 5.03 Å². The Balaban J connectivity index is 1.73. The molecular weight excluding hydrogens is 390 g/mol. The predicted molar refractivity (Wildman–Crippen MR) is 103 cm³/mol. The zero-order valence-corrected chi connectivity index (χ0v) is 16.5. The molecule has 2 aromatic heterocycles. The van der Waals surface area contributed by atoms with Crippen LogP contribution < -0.4 is 11.1 Å². The number of aromatic nitrogens is 2. The summed E-state index contributed by atoms with van der Waals surface area (Å²) in [6.07, 6.45) is 2.62. The van der Waals surface area contributed by atoms with Crippen LogP contribution in [0.1, 0.15) is 39.8 Å². The van der Waals surface area contributed by atoms with Gasteiger partial charge in [-0.05, 0) is 37.7 Å². The topological polar surface area (TPSA) is 144 Å². The second kappa shape index (κ2) is 7.69. The van der Waals surface area contributed by atoms with Gasteiger partial charge in [-0.15, -0.1) is 11.3 Å². The third-order valence-electron chi connectivity index (χ3n) is 4.42. The number of nitro groups is 1. The summed E-state index contributed by atoms with van der Waals surface area (Å²) in [5, 5.41) is 20.9. The molecule has 2 aromatic rings. The highest BCUT2D eigenvalue weighted by molar-refractivity contribution is 8.00. The number of hydrogen-bond donors (Lipinski definition) is 3. The number of thiophene rings is 1. The molecule has 11 heteroatoms. The number of amides is 2. The van der Waals surface area contributed by atoms with Gasteiger partial charge in [0.1, 0.15) is 10.7 Å². The Kier molecular flexibility index (Phi) is 5.51. The molecule has 1 aliphatic rings. The SMILES string of the molecule is Cc1[nH]nc(SCC(=O)Nc2sc3c(c2C(N)=O)CC[C@H](C)C3)c1[N+](=O)[O-]. The van der Waals surface area contributed by atoms with Crippen LogP contribution in [0.4, 0.5) is 10.7 Å². The summed E-state index contributed by atoms with van der Waals surface area (Å²) in [4.78, 5) is 35.9. The number of aryl methyl sites for hydroxylation is 1. The number of nitrogens with zero attached hydrogens (tertiary/aromatic N) is 2. The molecule has 0 saturated heterocycles. The Hall–Kier alpha value is -2.40. The molecule has 3 rings (SSSR count). The molecular formula is C16H19N5O4S2. The fourth-order valence-corrected chi connectivity index (χ4v) is 5.36. The summed E-state index contributed by atoms with van der Waals surface area (Å²) in [6.45, 7) is 3.70. The van der Waals surface area contributed by atoms with Gasteiger partial charge in [-0.1, -0.05) is 18.7 Å².